The minimum absolute atomic E-state index is 0.188. The molecular weight excluding hydrogens is 362 g/mol. The molecule has 148 valence electrons. The molecule has 2 atom stereocenters. The van der Waals surface area contributed by atoms with Crippen LogP contribution in [-0.4, -0.2) is 27.6 Å². The third kappa shape index (κ3) is 4.61. The van der Waals surface area contributed by atoms with Crippen molar-refractivity contribution in [2.24, 2.45) is 0 Å². The van der Waals surface area contributed by atoms with Crippen LogP contribution in [0, 0.1) is 11.3 Å². The number of rotatable bonds is 8. The fourth-order valence-corrected chi connectivity index (χ4v) is 8.32. The van der Waals surface area contributed by atoms with Gasteiger partial charge in [0.1, 0.15) is 0 Å². The molecule has 0 unspecified atom stereocenters. The third-order valence-electron chi connectivity index (χ3n) is 5.04. The van der Waals surface area contributed by atoms with E-state index in [-0.39, 0.29) is 11.1 Å². The fourth-order valence-electron chi connectivity index (χ4n) is 3.72. The highest BCUT2D eigenvalue weighted by atomic mass is 28.4. The summed E-state index contributed by atoms with van der Waals surface area (Å²) < 4.78 is 12.5. The molecule has 3 nitrogen and oxygen atoms in total. The first-order valence-corrected chi connectivity index (χ1v) is 11.5. The molecule has 2 aromatic carbocycles. The van der Waals surface area contributed by atoms with E-state index in [0.29, 0.717) is 6.42 Å². The van der Waals surface area contributed by atoms with E-state index in [1.54, 1.807) is 7.11 Å². The molecule has 0 spiro atoms. The zero-order valence-corrected chi connectivity index (χ0v) is 18.6. The molecule has 0 amide bonds. The quantitative estimate of drug-likeness (QED) is 0.492. The van der Waals surface area contributed by atoms with Crippen LogP contribution in [0.5, 0.6) is 0 Å². The number of nitriles is 1. The lowest BCUT2D eigenvalue weighted by Gasteiger charge is -2.45. The molecule has 0 aliphatic rings. The Labute approximate surface area is 170 Å². The zero-order chi connectivity index (χ0) is 20.8. The summed E-state index contributed by atoms with van der Waals surface area (Å²) in [4.78, 5) is 0. The Hall–Kier alpha value is -2.19. The maximum Gasteiger partial charge on any atom is 0.262 e. The van der Waals surface area contributed by atoms with Crippen LogP contribution in [0.1, 0.15) is 34.1 Å². The Morgan fingerprint density at radius 3 is 1.82 bits per heavy atom. The van der Waals surface area contributed by atoms with E-state index in [2.05, 4.69) is 57.7 Å². The van der Waals surface area contributed by atoms with Gasteiger partial charge in [0.05, 0.1) is 12.2 Å². The van der Waals surface area contributed by atoms with Crippen molar-refractivity contribution in [3.8, 4) is 6.07 Å². The van der Waals surface area contributed by atoms with E-state index in [0.717, 1.165) is 15.9 Å². The summed E-state index contributed by atoms with van der Waals surface area (Å²) >= 11 is 0. The average molecular weight is 394 g/mol. The number of hydrogen-bond acceptors (Lipinski definition) is 3. The number of nitrogens with zero attached hydrogens (tertiary/aromatic N) is 1. The van der Waals surface area contributed by atoms with Crippen LogP contribution >= 0.6 is 0 Å². The molecule has 0 radical (unpaired) electrons. The van der Waals surface area contributed by atoms with Crippen molar-refractivity contribution in [3.05, 3.63) is 72.8 Å². The summed E-state index contributed by atoms with van der Waals surface area (Å²) in [5, 5.41) is 12.1. The molecule has 0 N–H and O–H groups in total. The van der Waals surface area contributed by atoms with Gasteiger partial charge in [-0.15, -0.1) is 6.58 Å². The van der Waals surface area contributed by atoms with Gasteiger partial charge in [0.2, 0.25) is 0 Å². The normalized spacial score (nSPS) is 14.1. The summed E-state index contributed by atoms with van der Waals surface area (Å²) in [7, 11) is -1.16. The zero-order valence-electron chi connectivity index (χ0n) is 17.6. The Morgan fingerprint density at radius 1 is 1.04 bits per heavy atom. The average Bonchev–Trinajstić information content (AvgIpc) is 2.68. The molecular formula is C24H31NO2Si. The smallest absolute Gasteiger partial charge is 0.262 e. The highest BCUT2D eigenvalue weighted by Gasteiger charge is 2.52. The minimum atomic E-state index is -2.80. The molecule has 0 aliphatic heterocycles. The van der Waals surface area contributed by atoms with Gasteiger partial charge in [-0.05, 0) is 28.8 Å². The van der Waals surface area contributed by atoms with Gasteiger partial charge in [-0.1, -0.05) is 87.0 Å². The molecule has 0 aromatic heterocycles. The first kappa shape index (κ1) is 22.1. The van der Waals surface area contributed by atoms with Crippen molar-refractivity contribution < 1.29 is 9.16 Å². The molecule has 4 heteroatoms. The Morgan fingerprint density at radius 2 is 1.50 bits per heavy atom. The molecule has 0 bridgehead atoms. The first-order valence-electron chi connectivity index (χ1n) is 9.62. The molecule has 2 rings (SSSR count). The maximum atomic E-state index is 10.0. The Kier molecular flexibility index (Phi) is 7.37. The number of ether oxygens (including phenoxy) is 1. The highest BCUT2D eigenvalue weighted by molar-refractivity contribution is 6.99. The van der Waals surface area contributed by atoms with Crippen molar-refractivity contribution in [1.82, 2.24) is 0 Å². The van der Waals surface area contributed by atoms with Gasteiger partial charge in [0.15, 0.2) is 6.10 Å². The van der Waals surface area contributed by atoms with Crippen LogP contribution in [0.4, 0.5) is 0 Å². The van der Waals surface area contributed by atoms with Crippen molar-refractivity contribution in [2.75, 3.05) is 7.11 Å². The molecule has 2 aromatic rings. The van der Waals surface area contributed by atoms with E-state index in [1.807, 2.05) is 43.3 Å². The van der Waals surface area contributed by atoms with Crippen LogP contribution in [0.3, 0.4) is 0 Å². The highest BCUT2D eigenvalue weighted by Crippen LogP contribution is 2.38. The van der Waals surface area contributed by atoms with Gasteiger partial charge in [0, 0.05) is 7.11 Å². The van der Waals surface area contributed by atoms with Crippen molar-refractivity contribution in [2.45, 2.75) is 51.4 Å². The van der Waals surface area contributed by atoms with Gasteiger partial charge < -0.3 is 9.16 Å². The lowest BCUT2D eigenvalue weighted by atomic mass is 10.1. The lowest BCUT2D eigenvalue weighted by molar-refractivity contribution is 0.0237. The van der Waals surface area contributed by atoms with E-state index < -0.39 is 14.4 Å². The van der Waals surface area contributed by atoms with Crippen molar-refractivity contribution in [1.29, 1.82) is 5.26 Å². The predicted octanol–water partition coefficient (Wildman–Crippen LogP) is 4.44. The molecule has 0 fully saturated rings. The van der Waals surface area contributed by atoms with Crippen LogP contribution in [-0.2, 0) is 9.16 Å². The van der Waals surface area contributed by atoms with Gasteiger partial charge in [-0.25, -0.2) is 0 Å². The molecule has 0 aliphatic carbocycles. The second-order valence-electron chi connectivity index (χ2n) is 8.27. The SMILES string of the molecule is C=C(C)C[C@@H](OC)[C@@H](C#N)O[Si](c1ccccc1)(c1ccccc1)C(C)(C)C. The Balaban J connectivity index is 2.67. The molecule has 0 heterocycles. The van der Waals surface area contributed by atoms with Crippen LogP contribution in [0.25, 0.3) is 0 Å². The number of benzene rings is 2. The topological polar surface area (TPSA) is 42.2 Å². The fraction of sp³-hybridized carbons (Fsp3) is 0.375. The second-order valence-corrected chi connectivity index (χ2v) is 12.5. The monoisotopic (exact) mass is 393 g/mol. The number of hydrogen-bond donors (Lipinski definition) is 0. The van der Waals surface area contributed by atoms with Gasteiger partial charge in [-0.2, -0.15) is 5.26 Å². The van der Waals surface area contributed by atoms with Crippen LogP contribution in [0.2, 0.25) is 5.04 Å². The second kappa shape index (κ2) is 9.34. The van der Waals surface area contributed by atoms with Gasteiger partial charge in [-0.3, -0.25) is 0 Å². The summed E-state index contributed by atoms with van der Waals surface area (Å²) in [5.41, 5.74) is 0.971. The van der Waals surface area contributed by atoms with Crippen LogP contribution in [0.15, 0.2) is 72.8 Å². The van der Waals surface area contributed by atoms with Crippen molar-refractivity contribution in [3.63, 3.8) is 0 Å². The largest absolute Gasteiger partial charge is 0.390 e. The minimum Gasteiger partial charge on any atom is -0.390 e. The van der Waals surface area contributed by atoms with E-state index >= 15 is 0 Å². The molecule has 0 saturated carbocycles. The van der Waals surface area contributed by atoms with Gasteiger partial charge >= 0.3 is 0 Å². The standard InChI is InChI=1S/C24H31NO2Si/c1-19(2)17-22(26-6)23(18-25)27-28(24(3,4)5,20-13-9-7-10-14-20)21-15-11-8-12-16-21/h7-16,22-23H,1,17H2,2-6H3/t22-,23-/m1/s1. The van der Waals surface area contributed by atoms with Gasteiger partial charge in [0.25, 0.3) is 8.32 Å². The first-order chi connectivity index (χ1) is 13.3. The summed E-state index contributed by atoms with van der Waals surface area (Å²) in [6.45, 7) is 12.5. The summed E-state index contributed by atoms with van der Waals surface area (Å²) in [6.07, 6.45) is -0.454. The van der Waals surface area contributed by atoms with E-state index in [9.17, 15) is 5.26 Å². The van der Waals surface area contributed by atoms with Crippen molar-refractivity contribution >= 4 is 18.7 Å². The molecule has 28 heavy (non-hydrogen) atoms. The predicted molar refractivity (Wildman–Crippen MR) is 118 cm³/mol. The summed E-state index contributed by atoms with van der Waals surface area (Å²) in [6, 6.07) is 23.1. The number of methoxy groups -OCH3 is 1. The summed E-state index contributed by atoms with van der Waals surface area (Å²) in [5.74, 6) is 0. The van der Waals surface area contributed by atoms with Crippen LogP contribution < -0.4 is 10.4 Å². The Bertz CT molecular complexity index is 766. The molecule has 0 saturated heterocycles. The lowest BCUT2D eigenvalue weighted by Crippen LogP contribution is -2.68. The van der Waals surface area contributed by atoms with E-state index in [1.165, 1.54) is 0 Å². The maximum absolute atomic E-state index is 10.0. The third-order valence-corrected chi connectivity index (χ3v) is 10.1. The van der Waals surface area contributed by atoms with E-state index in [4.69, 9.17) is 9.16 Å².